The third-order valence-corrected chi connectivity index (χ3v) is 5.89. The lowest BCUT2D eigenvalue weighted by Gasteiger charge is -2.42. The zero-order chi connectivity index (χ0) is 18.4. The lowest BCUT2D eigenvalue weighted by molar-refractivity contribution is -0.144. The van der Waals surface area contributed by atoms with Gasteiger partial charge in [0, 0.05) is 51.9 Å². The van der Waals surface area contributed by atoms with Crippen LogP contribution in [0.3, 0.4) is 0 Å². The van der Waals surface area contributed by atoms with Crippen LogP contribution in [0.5, 0.6) is 0 Å². The molecular formula is C18H33N5O3. The van der Waals surface area contributed by atoms with Crippen LogP contribution in [0.25, 0.3) is 0 Å². The van der Waals surface area contributed by atoms with Crippen LogP contribution in [-0.4, -0.2) is 111 Å². The summed E-state index contributed by atoms with van der Waals surface area (Å²) in [6.45, 7) is 8.79. The van der Waals surface area contributed by atoms with Gasteiger partial charge in [-0.2, -0.15) is 0 Å². The van der Waals surface area contributed by atoms with Crippen LogP contribution >= 0.6 is 0 Å². The van der Waals surface area contributed by atoms with Crippen molar-refractivity contribution in [3.63, 3.8) is 0 Å². The fraction of sp³-hybridized carbons (Fsp3) is 0.889. The molecule has 0 bridgehead atoms. The second-order valence-electron chi connectivity index (χ2n) is 7.52. The Hall–Kier alpha value is -1.22. The van der Waals surface area contributed by atoms with E-state index in [2.05, 4.69) is 20.4 Å². The van der Waals surface area contributed by atoms with Gasteiger partial charge < -0.3 is 20.3 Å². The predicted octanol–water partition coefficient (Wildman–Crippen LogP) is -1.28. The Morgan fingerprint density at radius 1 is 1.00 bits per heavy atom. The van der Waals surface area contributed by atoms with Crippen molar-refractivity contribution < 1.29 is 14.3 Å². The smallest absolute Gasteiger partial charge is 0.307 e. The highest BCUT2D eigenvalue weighted by molar-refractivity contribution is 5.80. The first-order chi connectivity index (χ1) is 12.7. The molecule has 3 aliphatic heterocycles. The minimum absolute atomic E-state index is 0.0975. The van der Waals surface area contributed by atoms with Crippen molar-refractivity contribution >= 4 is 11.9 Å². The van der Waals surface area contributed by atoms with Crippen LogP contribution < -0.4 is 10.6 Å². The van der Waals surface area contributed by atoms with E-state index < -0.39 is 0 Å². The minimum Gasteiger partial charge on any atom is -0.469 e. The normalized spacial score (nSPS) is 26.7. The molecule has 1 unspecified atom stereocenters. The lowest BCUT2D eigenvalue weighted by Crippen LogP contribution is -2.58. The Labute approximate surface area is 156 Å². The molecule has 1 atom stereocenters. The number of ether oxygens (including phenoxy) is 1. The highest BCUT2D eigenvalue weighted by atomic mass is 16.5. The molecule has 0 saturated carbocycles. The first-order valence-corrected chi connectivity index (χ1v) is 9.91. The SMILES string of the molecule is COC(=O)CC1CNCCN1C(=O)CN1CCN(C2CCNCC2)CC1. The number of carbonyl (C=O) groups is 2. The molecule has 0 aromatic heterocycles. The van der Waals surface area contributed by atoms with Crippen molar-refractivity contribution in [1.82, 2.24) is 25.3 Å². The summed E-state index contributed by atoms with van der Waals surface area (Å²) in [6.07, 6.45) is 2.72. The molecule has 3 aliphatic rings. The number of piperidine rings is 1. The predicted molar refractivity (Wildman–Crippen MR) is 98.9 cm³/mol. The van der Waals surface area contributed by atoms with Gasteiger partial charge in [0.15, 0.2) is 0 Å². The van der Waals surface area contributed by atoms with E-state index >= 15 is 0 Å². The van der Waals surface area contributed by atoms with Crippen molar-refractivity contribution in [3.8, 4) is 0 Å². The number of hydrogen-bond acceptors (Lipinski definition) is 7. The van der Waals surface area contributed by atoms with Gasteiger partial charge in [-0.25, -0.2) is 0 Å². The number of esters is 1. The Bertz CT molecular complexity index is 475. The Kier molecular flexibility index (Phi) is 7.24. The van der Waals surface area contributed by atoms with Crippen LogP contribution in [0, 0.1) is 0 Å². The van der Waals surface area contributed by atoms with Crippen molar-refractivity contribution in [2.45, 2.75) is 31.3 Å². The number of amides is 1. The van der Waals surface area contributed by atoms with Crippen molar-refractivity contribution in [1.29, 1.82) is 0 Å². The van der Waals surface area contributed by atoms with E-state index in [0.29, 0.717) is 25.7 Å². The fourth-order valence-electron chi connectivity index (χ4n) is 4.29. The summed E-state index contributed by atoms with van der Waals surface area (Å²) in [6, 6.07) is 0.603. The number of piperazine rings is 2. The topological polar surface area (TPSA) is 77.2 Å². The molecule has 148 valence electrons. The first-order valence-electron chi connectivity index (χ1n) is 9.91. The average molecular weight is 367 g/mol. The van der Waals surface area contributed by atoms with Crippen LogP contribution in [0.2, 0.25) is 0 Å². The molecule has 8 nitrogen and oxygen atoms in total. The summed E-state index contributed by atoms with van der Waals surface area (Å²) < 4.78 is 4.78. The molecule has 3 fully saturated rings. The van der Waals surface area contributed by atoms with Crippen molar-refractivity contribution in [2.24, 2.45) is 0 Å². The van der Waals surface area contributed by atoms with Crippen LogP contribution in [-0.2, 0) is 14.3 Å². The maximum absolute atomic E-state index is 12.8. The molecule has 0 radical (unpaired) electrons. The van der Waals surface area contributed by atoms with E-state index in [1.807, 2.05) is 4.90 Å². The fourth-order valence-corrected chi connectivity index (χ4v) is 4.29. The van der Waals surface area contributed by atoms with Gasteiger partial charge in [0.1, 0.15) is 0 Å². The molecule has 8 heteroatoms. The van der Waals surface area contributed by atoms with Gasteiger partial charge in [-0.1, -0.05) is 0 Å². The second kappa shape index (κ2) is 9.64. The van der Waals surface area contributed by atoms with Gasteiger partial charge in [0.25, 0.3) is 0 Å². The van der Waals surface area contributed by atoms with E-state index in [9.17, 15) is 9.59 Å². The third kappa shape index (κ3) is 5.16. The number of carbonyl (C=O) groups excluding carboxylic acids is 2. The maximum Gasteiger partial charge on any atom is 0.307 e. The molecule has 3 heterocycles. The number of hydrogen-bond donors (Lipinski definition) is 2. The largest absolute Gasteiger partial charge is 0.469 e. The third-order valence-electron chi connectivity index (χ3n) is 5.89. The van der Waals surface area contributed by atoms with Gasteiger partial charge in [0.05, 0.1) is 26.1 Å². The van der Waals surface area contributed by atoms with Gasteiger partial charge in [-0.3, -0.25) is 19.4 Å². The summed E-state index contributed by atoms with van der Waals surface area (Å²) in [4.78, 5) is 31.1. The average Bonchev–Trinajstić information content (AvgIpc) is 2.69. The van der Waals surface area contributed by atoms with E-state index in [-0.39, 0.29) is 24.3 Å². The van der Waals surface area contributed by atoms with E-state index in [1.165, 1.54) is 20.0 Å². The minimum atomic E-state index is -0.257. The molecule has 3 saturated heterocycles. The monoisotopic (exact) mass is 367 g/mol. The molecule has 26 heavy (non-hydrogen) atoms. The van der Waals surface area contributed by atoms with Gasteiger partial charge in [0.2, 0.25) is 5.91 Å². The first kappa shape index (κ1) is 19.5. The standard InChI is InChI=1S/C18H33N5O3/c1-26-18(25)12-16-13-20-6-7-23(16)17(24)14-21-8-10-22(11-9-21)15-2-4-19-5-3-15/h15-16,19-20H,2-14H2,1H3. The number of nitrogens with one attached hydrogen (secondary N) is 2. The van der Waals surface area contributed by atoms with Crippen LogP contribution in [0.4, 0.5) is 0 Å². The summed E-state index contributed by atoms with van der Waals surface area (Å²) in [5, 5.41) is 6.69. The molecular weight excluding hydrogens is 334 g/mol. The van der Waals surface area contributed by atoms with Gasteiger partial charge in [-0.15, -0.1) is 0 Å². The molecule has 3 rings (SSSR count). The second-order valence-corrected chi connectivity index (χ2v) is 7.52. The summed E-state index contributed by atoms with van der Waals surface area (Å²) in [5.41, 5.74) is 0. The maximum atomic E-state index is 12.8. The lowest BCUT2D eigenvalue weighted by atomic mass is 10.0. The Morgan fingerprint density at radius 2 is 1.73 bits per heavy atom. The molecule has 0 aromatic carbocycles. The van der Waals surface area contributed by atoms with E-state index in [1.54, 1.807) is 0 Å². The number of nitrogens with zero attached hydrogens (tertiary/aromatic N) is 3. The molecule has 0 aromatic rings. The number of methoxy groups -OCH3 is 1. The van der Waals surface area contributed by atoms with Crippen molar-refractivity contribution in [3.05, 3.63) is 0 Å². The highest BCUT2D eigenvalue weighted by Crippen LogP contribution is 2.15. The summed E-state index contributed by atoms with van der Waals surface area (Å²) >= 11 is 0. The van der Waals surface area contributed by atoms with Gasteiger partial charge in [-0.05, 0) is 25.9 Å². The highest BCUT2D eigenvalue weighted by Gasteiger charge is 2.31. The summed E-state index contributed by atoms with van der Waals surface area (Å²) in [5.74, 6) is -0.122. The van der Waals surface area contributed by atoms with E-state index in [0.717, 1.165) is 45.8 Å². The van der Waals surface area contributed by atoms with Gasteiger partial charge >= 0.3 is 5.97 Å². The van der Waals surface area contributed by atoms with Crippen LogP contribution in [0.1, 0.15) is 19.3 Å². The van der Waals surface area contributed by atoms with Crippen LogP contribution in [0.15, 0.2) is 0 Å². The molecule has 2 N–H and O–H groups in total. The molecule has 0 aliphatic carbocycles. The van der Waals surface area contributed by atoms with Crippen molar-refractivity contribution in [2.75, 3.05) is 72.6 Å². The zero-order valence-electron chi connectivity index (χ0n) is 15.9. The molecule has 0 spiro atoms. The number of rotatable bonds is 5. The molecule has 1 amide bonds. The quantitative estimate of drug-likeness (QED) is 0.586. The van der Waals surface area contributed by atoms with E-state index in [4.69, 9.17) is 4.74 Å². The summed E-state index contributed by atoms with van der Waals surface area (Å²) in [7, 11) is 1.40. The Morgan fingerprint density at radius 3 is 2.42 bits per heavy atom. The zero-order valence-corrected chi connectivity index (χ0v) is 15.9. The Balaban J connectivity index is 1.46.